The van der Waals surface area contributed by atoms with Crippen molar-refractivity contribution in [1.29, 1.82) is 0 Å². The zero-order valence-corrected chi connectivity index (χ0v) is 14.0. The number of pyridine rings is 1. The van der Waals surface area contributed by atoms with E-state index in [0.29, 0.717) is 37.2 Å². The van der Waals surface area contributed by atoms with E-state index < -0.39 is 5.82 Å². The first-order valence-corrected chi connectivity index (χ1v) is 8.10. The summed E-state index contributed by atoms with van der Waals surface area (Å²) in [4.78, 5) is 31.0. The fraction of sp³-hybridized carbons (Fsp3) is 0.588. The molecule has 1 atom stereocenters. The van der Waals surface area contributed by atoms with Gasteiger partial charge in [0.1, 0.15) is 5.82 Å². The quantitative estimate of drug-likeness (QED) is 0.808. The number of rotatable bonds is 6. The molecule has 0 aliphatic carbocycles. The Morgan fingerprint density at radius 3 is 2.74 bits per heavy atom. The number of carbonyl (C=O) groups is 2. The van der Waals surface area contributed by atoms with Crippen molar-refractivity contribution in [3.05, 3.63) is 23.8 Å². The van der Waals surface area contributed by atoms with Crippen LogP contribution in [-0.4, -0.2) is 42.3 Å². The summed E-state index contributed by atoms with van der Waals surface area (Å²) in [5.74, 6) is -0.450. The van der Waals surface area contributed by atoms with Gasteiger partial charge in [-0.1, -0.05) is 6.92 Å². The average Bonchev–Trinajstić information content (AvgIpc) is 2.94. The summed E-state index contributed by atoms with van der Waals surface area (Å²) in [6.45, 7) is 2.58. The lowest BCUT2D eigenvalue weighted by atomic mass is 9.97. The molecule has 6 heteroatoms. The first-order chi connectivity index (χ1) is 10.9. The van der Waals surface area contributed by atoms with Crippen LogP contribution < -0.4 is 4.90 Å². The van der Waals surface area contributed by atoms with Crippen LogP contribution >= 0.6 is 0 Å². The maximum absolute atomic E-state index is 14.2. The predicted molar refractivity (Wildman–Crippen MR) is 86.6 cm³/mol. The first kappa shape index (κ1) is 17.4. The van der Waals surface area contributed by atoms with E-state index in [-0.39, 0.29) is 17.7 Å². The Labute approximate surface area is 136 Å². The normalized spacial score (nSPS) is 15.8. The van der Waals surface area contributed by atoms with Gasteiger partial charge in [0, 0.05) is 39.0 Å². The first-order valence-electron chi connectivity index (χ1n) is 8.10. The zero-order chi connectivity index (χ0) is 17.0. The number of nitrogens with zero attached hydrogens (tertiary/aromatic N) is 3. The zero-order valence-electron chi connectivity index (χ0n) is 14.0. The van der Waals surface area contributed by atoms with Crippen LogP contribution in [0, 0.1) is 11.7 Å². The van der Waals surface area contributed by atoms with Crippen LogP contribution in [0.1, 0.15) is 38.3 Å². The number of amides is 2. The second-order valence-electron chi connectivity index (χ2n) is 6.15. The highest BCUT2D eigenvalue weighted by atomic mass is 19.1. The summed E-state index contributed by atoms with van der Waals surface area (Å²) in [6, 6.07) is 1.38. The van der Waals surface area contributed by atoms with E-state index in [9.17, 15) is 14.0 Å². The van der Waals surface area contributed by atoms with E-state index >= 15 is 0 Å². The maximum atomic E-state index is 14.2. The maximum Gasteiger partial charge on any atom is 0.227 e. The molecule has 0 spiro atoms. The Morgan fingerprint density at radius 1 is 1.48 bits per heavy atom. The van der Waals surface area contributed by atoms with Crippen LogP contribution in [0.2, 0.25) is 0 Å². The molecule has 0 bridgehead atoms. The number of halogens is 1. The summed E-state index contributed by atoms with van der Waals surface area (Å²) in [5, 5.41) is 0. The fourth-order valence-corrected chi connectivity index (χ4v) is 2.89. The minimum Gasteiger partial charge on any atom is -0.349 e. The van der Waals surface area contributed by atoms with Crippen molar-refractivity contribution in [3.63, 3.8) is 0 Å². The largest absolute Gasteiger partial charge is 0.349 e. The van der Waals surface area contributed by atoms with Crippen LogP contribution in [0.4, 0.5) is 10.1 Å². The van der Waals surface area contributed by atoms with Gasteiger partial charge >= 0.3 is 0 Å². The summed E-state index contributed by atoms with van der Waals surface area (Å²) < 4.78 is 14.2. The Kier molecular flexibility index (Phi) is 5.69. The fourth-order valence-electron chi connectivity index (χ4n) is 2.89. The van der Waals surface area contributed by atoms with Gasteiger partial charge in [-0.2, -0.15) is 0 Å². The van der Waals surface area contributed by atoms with E-state index in [1.165, 1.54) is 6.07 Å². The SMILES string of the molecule is CCC(CCc1ncc(N2CCCC2=O)cc1F)C(=O)N(C)C. The highest BCUT2D eigenvalue weighted by molar-refractivity contribution is 5.95. The second-order valence-corrected chi connectivity index (χ2v) is 6.15. The molecule has 2 heterocycles. The van der Waals surface area contributed by atoms with Gasteiger partial charge in [0.25, 0.3) is 0 Å². The van der Waals surface area contributed by atoms with Gasteiger partial charge in [0.2, 0.25) is 11.8 Å². The molecule has 1 aliphatic heterocycles. The molecule has 5 nitrogen and oxygen atoms in total. The Morgan fingerprint density at radius 2 is 2.22 bits per heavy atom. The average molecular weight is 321 g/mol. The van der Waals surface area contributed by atoms with Crippen molar-refractivity contribution in [1.82, 2.24) is 9.88 Å². The number of anilines is 1. The van der Waals surface area contributed by atoms with Crippen LogP contribution in [0.5, 0.6) is 0 Å². The smallest absolute Gasteiger partial charge is 0.227 e. The van der Waals surface area contributed by atoms with E-state index in [1.54, 1.807) is 30.1 Å². The summed E-state index contributed by atoms with van der Waals surface area (Å²) in [6.07, 6.45) is 4.56. The summed E-state index contributed by atoms with van der Waals surface area (Å²) >= 11 is 0. The van der Waals surface area contributed by atoms with E-state index in [4.69, 9.17) is 0 Å². The Hall–Kier alpha value is -1.98. The lowest BCUT2D eigenvalue weighted by Crippen LogP contribution is -2.29. The van der Waals surface area contributed by atoms with E-state index in [2.05, 4.69) is 4.98 Å². The number of aromatic nitrogens is 1. The molecular weight excluding hydrogens is 297 g/mol. The molecule has 0 N–H and O–H groups in total. The molecule has 23 heavy (non-hydrogen) atoms. The van der Waals surface area contributed by atoms with E-state index in [1.807, 2.05) is 6.92 Å². The third-order valence-electron chi connectivity index (χ3n) is 4.30. The number of carbonyl (C=O) groups excluding carboxylic acids is 2. The van der Waals surface area contributed by atoms with Crippen LogP contribution in [0.25, 0.3) is 0 Å². The van der Waals surface area contributed by atoms with E-state index in [0.717, 1.165) is 12.8 Å². The molecular formula is C17H24FN3O2. The van der Waals surface area contributed by atoms with Gasteiger partial charge in [0.05, 0.1) is 17.6 Å². The lowest BCUT2D eigenvalue weighted by Gasteiger charge is -2.19. The molecule has 1 aliphatic rings. The van der Waals surface area contributed by atoms with Gasteiger partial charge in [-0.05, 0) is 25.7 Å². The number of hydrogen-bond donors (Lipinski definition) is 0. The molecule has 1 fully saturated rings. The number of hydrogen-bond acceptors (Lipinski definition) is 3. The van der Waals surface area contributed by atoms with Gasteiger partial charge in [-0.15, -0.1) is 0 Å². The second kappa shape index (κ2) is 7.53. The molecule has 1 aromatic rings. The van der Waals surface area contributed by atoms with Crippen molar-refractivity contribution in [2.45, 2.75) is 39.0 Å². The summed E-state index contributed by atoms with van der Waals surface area (Å²) in [7, 11) is 3.46. The van der Waals surface area contributed by atoms with Crippen molar-refractivity contribution in [2.24, 2.45) is 5.92 Å². The van der Waals surface area contributed by atoms with Crippen LogP contribution in [-0.2, 0) is 16.0 Å². The van der Waals surface area contributed by atoms with Crippen LogP contribution in [0.3, 0.4) is 0 Å². The number of aryl methyl sites for hydroxylation is 1. The van der Waals surface area contributed by atoms with Crippen molar-refractivity contribution >= 4 is 17.5 Å². The lowest BCUT2D eigenvalue weighted by molar-refractivity contribution is -0.133. The predicted octanol–water partition coefficient (Wildman–Crippen LogP) is 2.39. The molecule has 0 saturated carbocycles. The third-order valence-corrected chi connectivity index (χ3v) is 4.30. The topological polar surface area (TPSA) is 53.5 Å². The molecule has 1 aromatic heterocycles. The van der Waals surface area contributed by atoms with Crippen molar-refractivity contribution in [2.75, 3.05) is 25.5 Å². The van der Waals surface area contributed by atoms with Gasteiger partial charge in [0.15, 0.2) is 0 Å². The highest BCUT2D eigenvalue weighted by Crippen LogP contribution is 2.23. The van der Waals surface area contributed by atoms with Crippen molar-refractivity contribution < 1.29 is 14.0 Å². The molecule has 1 unspecified atom stereocenters. The van der Waals surface area contributed by atoms with Gasteiger partial charge in [-0.25, -0.2) is 4.39 Å². The molecule has 0 aromatic carbocycles. The Bertz CT molecular complexity index is 589. The van der Waals surface area contributed by atoms with Crippen molar-refractivity contribution in [3.8, 4) is 0 Å². The Balaban J connectivity index is 2.03. The van der Waals surface area contributed by atoms with Gasteiger partial charge < -0.3 is 9.80 Å². The van der Waals surface area contributed by atoms with Gasteiger partial charge in [-0.3, -0.25) is 14.6 Å². The highest BCUT2D eigenvalue weighted by Gasteiger charge is 2.23. The third kappa shape index (κ3) is 4.06. The monoisotopic (exact) mass is 321 g/mol. The standard InChI is InChI=1S/C17H24FN3O2/c1-4-12(17(23)20(2)3)7-8-15-14(18)10-13(11-19-15)21-9-5-6-16(21)22/h10-12H,4-9H2,1-3H3. The molecule has 1 saturated heterocycles. The van der Waals surface area contributed by atoms with Crippen LogP contribution in [0.15, 0.2) is 12.3 Å². The minimum atomic E-state index is -0.408. The molecule has 0 radical (unpaired) electrons. The minimum absolute atomic E-state index is 0.0153. The molecule has 126 valence electrons. The summed E-state index contributed by atoms with van der Waals surface area (Å²) in [5.41, 5.74) is 0.871. The molecule has 2 rings (SSSR count). The molecule has 2 amide bonds.